The minimum atomic E-state index is -0.263. The van der Waals surface area contributed by atoms with Crippen molar-refractivity contribution in [1.29, 1.82) is 0 Å². The van der Waals surface area contributed by atoms with Crippen LogP contribution in [0.1, 0.15) is 45.0 Å². The van der Waals surface area contributed by atoms with Gasteiger partial charge >= 0.3 is 0 Å². The molecule has 4 aromatic rings. The predicted octanol–water partition coefficient (Wildman–Crippen LogP) is 4.78. The van der Waals surface area contributed by atoms with E-state index in [1.54, 1.807) is 0 Å². The van der Waals surface area contributed by atoms with Gasteiger partial charge in [-0.3, -0.25) is 0 Å². The number of para-hydroxylation sites is 1. The molecule has 0 fully saturated rings. The quantitative estimate of drug-likeness (QED) is 0.564. The van der Waals surface area contributed by atoms with E-state index in [9.17, 15) is 0 Å². The molecule has 2 heterocycles. The first-order chi connectivity index (χ1) is 12.4. The molecule has 0 spiro atoms. The second-order valence-corrected chi connectivity index (χ2v) is 7.58. The van der Waals surface area contributed by atoms with Crippen LogP contribution in [0.5, 0.6) is 0 Å². The Balaban J connectivity index is 1.57. The number of aromatic nitrogens is 3. The third kappa shape index (κ3) is 2.99. The molecule has 0 amide bonds. The van der Waals surface area contributed by atoms with Gasteiger partial charge in [-0.25, -0.2) is 4.68 Å². The highest BCUT2D eigenvalue weighted by Gasteiger charge is 2.24. The predicted molar refractivity (Wildman–Crippen MR) is 104 cm³/mol. The van der Waals surface area contributed by atoms with E-state index in [0.29, 0.717) is 6.04 Å². The van der Waals surface area contributed by atoms with Crippen molar-refractivity contribution in [3.8, 4) is 0 Å². The second-order valence-electron chi connectivity index (χ2n) is 7.58. The lowest BCUT2D eigenvalue weighted by molar-refractivity contribution is 0.390. The average molecular weight is 348 g/mol. The first-order valence-corrected chi connectivity index (χ1v) is 9.01. The molecule has 5 heteroatoms. The van der Waals surface area contributed by atoms with Gasteiger partial charge in [-0.05, 0) is 51.5 Å². The monoisotopic (exact) mass is 348 g/mol. The van der Waals surface area contributed by atoms with E-state index in [1.807, 2.05) is 35.1 Å². The van der Waals surface area contributed by atoms with E-state index < -0.39 is 0 Å². The van der Waals surface area contributed by atoms with Crippen LogP contribution in [0.25, 0.3) is 21.9 Å². The summed E-state index contributed by atoms with van der Waals surface area (Å²) in [6, 6.07) is 14.8. The highest BCUT2D eigenvalue weighted by molar-refractivity contribution is 6.04. The van der Waals surface area contributed by atoms with Gasteiger partial charge in [-0.2, -0.15) is 0 Å². The molecular weight excluding hydrogens is 324 g/mol. The van der Waals surface area contributed by atoms with Gasteiger partial charge in [-0.15, -0.1) is 5.10 Å². The summed E-state index contributed by atoms with van der Waals surface area (Å²) in [7, 11) is 0. The van der Waals surface area contributed by atoms with Gasteiger partial charge in [-0.1, -0.05) is 29.5 Å². The summed E-state index contributed by atoms with van der Waals surface area (Å²) in [6.45, 7) is 9.21. The molecular formula is C21H24N4O. The summed E-state index contributed by atoms with van der Waals surface area (Å²) in [6.07, 6.45) is 2.02. The number of nitrogens with one attached hydrogen (secondary N) is 1. The Labute approximate surface area is 153 Å². The Kier molecular flexibility index (Phi) is 4.04. The van der Waals surface area contributed by atoms with Crippen LogP contribution in [0.2, 0.25) is 0 Å². The maximum absolute atomic E-state index is 5.91. The highest BCUT2D eigenvalue weighted by Crippen LogP contribution is 2.29. The van der Waals surface area contributed by atoms with Gasteiger partial charge in [0.2, 0.25) is 0 Å². The van der Waals surface area contributed by atoms with Crippen LogP contribution < -0.4 is 5.32 Å². The summed E-state index contributed by atoms with van der Waals surface area (Å²) in [4.78, 5) is 0. The van der Waals surface area contributed by atoms with Crippen LogP contribution in [0.3, 0.4) is 0 Å². The van der Waals surface area contributed by atoms with Crippen LogP contribution in [-0.4, -0.2) is 15.0 Å². The third-order valence-electron chi connectivity index (χ3n) is 4.86. The second kappa shape index (κ2) is 6.25. The molecule has 2 aromatic heterocycles. The zero-order valence-corrected chi connectivity index (χ0v) is 15.7. The van der Waals surface area contributed by atoms with Crippen molar-refractivity contribution in [1.82, 2.24) is 20.3 Å². The van der Waals surface area contributed by atoms with Gasteiger partial charge in [0.25, 0.3) is 0 Å². The van der Waals surface area contributed by atoms with Crippen LogP contribution >= 0.6 is 0 Å². The molecule has 5 nitrogen and oxygen atoms in total. The van der Waals surface area contributed by atoms with Crippen molar-refractivity contribution in [2.24, 2.45) is 0 Å². The normalized spacial score (nSPS) is 12.5. The average Bonchev–Trinajstić information content (AvgIpc) is 3.25. The molecule has 0 atom stereocenters. The first-order valence-electron chi connectivity index (χ1n) is 9.01. The van der Waals surface area contributed by atoms with Crippen molar-refractivity contribution < 1.29 is 4.42 Å². The number of rotatable bonds is 5. The number of benzene rings is 2. The molecule has 0 bridgehead atoms. The molecule has 0 aliphatic heterocycles. The van der Waals surface area contributed by atoms with Crippen LogP contribution in [0.15, 0.2) is 53.1 Å². The molecule has 0 aliphatic rings. The number of furan rings is 1. The number of hydrogen-bond donors (Lipinski definition) is 1. The molecule has 1 N–H and O–H groups in total. The molecule has 0 saturated carbocycles. The Morgan fingerprint density at radius 1 is 1.08 bits per heavy atom. The fourth-order valence-electron chi connectivity index (χ4n) is 3.11. The first kappa shape index (κ1) is 16.8. The topological polar surface area (TPSA) is 55.9 Å². The van der Waals surface area contributed by atoms with Crippen molar-refractivity contribution in [2.45, 2.75) is 45.8 Å². The zero-order valence-electron chi connectivity index (χ0n) is 15.7. The lowest BCUT2D eigenvalue weighted by Crippen LogP contribution is -2.36. The standard InChI is InChI=1S/C21H24N4O/c1-14(2)25-13-20(23-24-25)21(3,4)22-12-15-9-10-19-17(11-15)16-7-5-6-8-18(16)26-19/h5-11,13-14,22H,12H2,1-4H3. The van der Waals surface area contributed by atoms with Crippen molar-refractivity contribution in [3.05, 3.63) is 59.9 Å². The maximum Gasteiger partial charge on any atom is 0.135 e. The summed E-state index contributed by atoms with van der Waals surface area (Å²) < 4.78 is 7.80. The molecule has 0 aliphatic carbocycles. The Bertz CT molecular complexity index is 1060. The SMILES string of the molecule is CC(C)n1cc(C(C)(C)NCc2ccc3oc4ccccc4c3c2)nn1. The lowest BCUT2D eigenvalue weighted by Gasteiger charge is -2.24. The molecule has 134 valence electrons. The van der Waals surface area contributed by atoms with E-state index in [2.05, 4.69) is 61.5 Å². The van der Waals surface area contributed by atoms with Gasteiger partial charge in [0, 0.05) is 23.4 Å². The lowest BCUT2D eigenvalue weighted by atomic mass is 10.0. The van der Waals surface area contributed by atoms with Gasteiger partial charge in [0.05, 0.1) is 11.7 Å². The van der Waals surface area contributed by atoms with Gasteiger partial charge < -0.3 is 9.73 Å². The van der Waals surface area contributed by atoms with Crippen molar-refractivity contribution in [3.63, 3.8) is 0 Å². The van der Waals surface area contributed by atoms with E-state index in [1.165, 1.54) is 5.56 Å². The van der Waals surface area contributed by atoms with Crippen LogP contribution in [0.4, 0.5) is 0 Å². The van der Waals surface area contributed by atoms with Gasteiger partial charge in [0.1, 0.15) is 16.9 Å². The molecule has 0 radical (unpaired) electrons. The Morgan fingerprint density at radius 2 is 1.85 bits per heavy atom. The van der Waals surface area contributed by atoms with E-state index in [4.69, 9.17) is 4.42 Å². The van der Waals surface area contributed by atoms with Crippen LogP contribution in [0, 0.1) is 0 Å². The molecule has 4 rings (SSSR count). The minimum absolute atomic E-state index is 0.263. The third-order valence-corrected chi connectivity index (χ3v) is 4.86. The van der Waals surface area contributed by atoms with Gasteiger partial charge in [0.15, 0.2) is 0 Å². The summed E-state index contributed by atoms with van der Waals surface area (Å²) >= 11 is 0. The minimum Gasteiger partial charge on any atom is -0.456 e. The van der Waals surface area contributed by atoms with Crippen molar-refractivity contribution in [2.75, 3.05) is 0 Å². The highest BCUT2D eigenvalue weighted by atomic mass is 16.3. The summed E-state index contributed by atoms with van der Waals surface area (Å²) in [5.74, 6) is 0. The molecule has 26 heavy (non-hydrogen) atoms. The molecule has 0 unspecified atom stereocenters. The fourth-order valence-corrected chi connectivity index (χ4v) is 3.11. The smallest absolute Gasteiger partial charge is 0.135 e. The Hall–Kier alpha value is -2.66. The van der Waals surface area contributed by atoms with E-state index >= 15 is 0 Å². The van der Waals surface area contributed by atoms with Crippen LogP contribution in [-0.2, 0) is 12.1 Å². The largest absolute Gasteiger partial charge is 0.456 e. The summed E-state index contributed by atoms with van der Waals surface area (Å²) in [5, 5.41) is 14.5. The fraction of sp³-hybridized carbons (Fsp3) is 0.333. The van der Waals surface area contributed by atoms with E-state index in [0.717, 1.165) is 34.2 Å². The number of nitrogens with zero attached hydrogens (tertiary/aromatic N) is 3. The van der Waals surface area contributed by atoms with Crippen molar-refractivity contribution >= 4 is 21.9 Å². The molecule has 2 aromatic carbocycles. The maximum atomic E-state index is 5.91. The zero-order chi connectivity index (χ0) is 18.3. The number of hydrogen-bond acceptors (Lipinski definition) is 4. The summed E-state index contributed by atoms with van der Waals surface area (Å²) in [5.41, 5.74) is 3.75. The van der Waals surface area contributed by atoms with E-state index in [-0.39, 0.29) is 5.54 Å². The Morgan fingerprint density at radius 3 is 2.62 bits per heavy atom. The number of fused-ring (bicyclic) bond motifs is 3. The molecule has 0 saturated heterocycles.